The van der Waals surface area contributed by atoms with E-state index in [4.69, 9.17) is 11.6 Å². The van der Waals surface area contributed by atoms with Crippen molar-refractivity contribution >= 4 is 35.2 Å². The molecule has 1 atom stereocenters. The van der Waals surface area contributed by atoms with Gasteiger partial charge in [0, 0.05) is 40.4 Å². The lowest BCUT2D eigenvalue weighted by atomic mass is 10.00. The lowest BCUT2D eigenvalue weighted by molar-refractivity contribution is -0.142. The van der Waals surface area contributed by atoms with E-state index < -0.39 is 17.4 Å². The second kappa shape index (κ2) is 13.6. The zero-order chi connectivity index (χ0) is 26.8. The van der Waals surface area contributed by atoms with E-state index in [0.717, 1.165) is 16.2 Å². The average Bonchev–Trinajstić information content (AvgIpc) is 2.85. The fourth-order valence-corrected chi connectivity index (χ4v) is 4.88. The number of nitrogens with zero attached hydrogens (tertiary/aromatic N) is 1. The van der Waals surface area contributed by atoms with Crippen LogP contribution in [-0.2, 0) is 22.6 Å². The summed E-state index contributed by atoms with van der Waals surface area (Å²) in [4.78, 5) is 29.7. The Morgan fingerprint density at radius 3 is 2.27 bits per heavy atom. The van der Waals surface area contributed by atoms with Gasteiger partial charge in [0.2, 0.25) is 11.8 Å². The summed E-state index contributed by atoms with van der Waals surface area (Å²) in [6, 6.07) is 22.8. The van der Waals surface area contributed by atoms with Crippen LogP contribution >= 0.6 is 23.4 Å². The summed E-state index contributed by atoms with van der Waals surface area (Å²) in [6.45, 7) is 5.73. The molecule has 196 valence electrons. The maximum absolute atomic E-state index is 14.6. The van der Waals surface area contributed by atoms with Gasteiger partial charge in [0.05, 0.1) is 0 Å². The molecule has 0 saturated carbocycles. The first-order chi connectivity index (χ1) is 17.6. The fourth-order valence-electron chi connectivity index (χ4n) is 3.90. The fraction of sp³-hybridized carbons (Fsp3) is 0.333. The highest BCUT2D eigenvalue weighted by Gasteiger charge is 2.32. The molecule has 0 aliphatic heterocycles. The van der Waals surface area contributed by atoms with Crippen LogP contribution in [0.1, 0.15) is 44.7 Å². The molecule has 0 saturated heterocycles. The zero-order valence-electron chi connectivity index (χ0n) is 21.5. The maximum atomic E-state index is 14.6. The first-order valence-corrected chi connectivity index (χ1v) is 13.8. The number of thioether (sulfide) groups is 1. The van der Waals surface area contributed by atoms with Gasteiger partial charge in [0.15, 0.2) is 0 Å². The SMILES string of the molecule is CC(C)(C)NC(=O)[C@@H](Cc1ccccc1)N(Cc1ccccc1F)C(=O)CCCSc1ccc(Cl)cc1. The minimum absolute atomic E-state index is 0.0187. The van der Waals surface area contributed by atoms with E-state index in [-0.39, 0.29) is 24.8 Å². The second-order valence-corrected chi connectivity index (χ2v) is 11.6. The molecule has 0 unspecified atom stereocenters. The molecule has 0 bridgehead atoms. The Balaban J connectivity index is 1.81. The monoisotopic (exact) mass is 540 g/mol. The van der Waals surface area contributed by atoms with Crippen LogP contribution in [0.25, 0.3) is 0 Å². The van der Waals surface area contributed by atoms with Crippen LogP contribution in [0, 0.1) is 5.82 Å². The molecular formula is C30H34ClFN2O2S. The Kier molecular flexibility index (Phi) is 10.6. The van der Waals surface area contributed by atoms with Gasteiger partial charge in [-0.15, -0.1) is 11.8 Å². The molecule has 0 heterocycles. The van der Waals surface area contributed by atoms with Gasteiger partial charge >= 0.3 is 0 Å². The molecular weight excluding hydrogens is 507 g/mol. The van der Waals surface area contributed by atoms with Crippen molar-refractivity contribution in [1.29, 1.82) is 0 Å². The van der Waals surface area contributed by atoms with Gasteiger partial charge in [-0.1, -0.05) is 60.1 Å². The lowest BCUT2D eigenvalue weighted by Gasteiger charge is -2.34. The molecule has 3 aromatic rings. The van der Waals surface area contributed by atoms with Crippen molar-refractivity contribution in [1.82, 2.24) is 10.2 Å². The van der Waals surface area contributed by atoms with Gasteiger partial charge in [-0.3, -0.25) is 9.59 Å². The number of carbonyl (C=O) groups is 2. The summed E-state index contributed by atoms with van der Waals surface area (Å²) < 4.78 is 14.6. The van der Waals surface area contributed by atoms with Crippen molar-refractivity contribution < 1.29 is 14.0 Å². The van der Waals surface area contributed by atoms with Gasteiger partial charge in [0.1, 0.15) is 11.9 Å². The van der Waals surface area contributed by atoms with Gasteiger partial charge in [-0.25, -0.2) is 4.39 Å². The largest absolute Gasteiger partial charge is 0.350 e. The number of carbonyl (C=O) groups excluding carboxylic acids is 2. The molecule has 3 rings (SSSR count). The number of benzene rings is 3. The van der Waals surface area contributed by atoms with E-state index in [0.29, 0.717) is 23.4 Å². The summed E-state index contributed by atoms with van der Waals surface area (Å²) in [6.07, 6.45) is 1.21. The van der Waals surface area contributed by atoms with Crippen LogP contribution in [0.3, 0.4) is 0 Å². The molecule has 3 aromatic carbocycles. The Morgan fingerprint density at radius 2 is 1.62 bits per heavy atom. The normalized spacial score (nSPS) is 12.1. The van der Waals surface area contributed by atoms with Gasteiger partial charge in [0.25, 0.3) is 0 Å². The lowest BCUT2D eigenvalue weighted by Crippen LogP contribution is -2.54. The number of hydrogen-bond donors (Lipinski definition) is 1. The van der Waals surface area contributed by atoms with Gasteiger partial charge in [-0.05, 0) is 68.8 Å². The standard InChI is InChI=1S/C30H34ClFN2O2S/c1-30(2,3)33-29(36)27(20-22-10-5-4-6-11-22)34(21-23-12-7-8-13-26(23)32)28(35)14-9-19-37-25-17-15-24(31)16-18-25/h4-8,10-13,15-18,27H,9,14,19-21H2,1-3H3,(H,33,36)/t27-/m1/s1. The van der Waals surface area contributed by atoms with Crippen molar-refractivity contribution in [2.45, 2.75) is 63.1 Å². The molecule has 0 aliphatic rings. The van der Waals surface area contributed by atoms with E-state index in [2.05, 4.69) is 5.32 Å². The molecule has 0 aliphatic carbocycles. The maximum Gasteiger partial charge on any atom is 0.243 e. The summed E-state index contributed by atoms with van der Waals surface area (Å²) in [5.41, 5.74) is 0.836. The summed E-state index contributed by atoms with van der Waals surface area (Å²) >= 11 is 7.61. The van der Waals surface area contributed by atoms with Crippen molar-refractivity contribution in [3.8, 4) is 0 Å². The predicted octanol–water partition coefficient (Wildman–Crippen LogP) is 6.91. The van der Waals surface area contributed by atoms with Crippen LogP contribution in [0.2, 0.25) is 5.02 Å². The summed E-state index contributed by atoms with van der Waals surface area (Å²) in [5, 5.41) is 3.71. The van der Waals surface area contributed by atoms with E-state index in [1.807, 2.05) is 75.4 Å². The Labute approximate surface area is 228 Å². The third kappa shape index (κ3) is 9.52. The van der Waals surface area contributed by atoms with Gasteiger partial charge in [-0.2, -0.15) is 0 Å². The third-order valence-corrected chi connectivity index (χ3v) is 7.04. The molecule has 7 heteroatoms. The molecule has 4 nitrogen and oxygen atoms in total. The predicted molar refractivity (Wildman–Crippen MR) is 150 cm³/mol. The zero-order valence-corrected chi connectivity index (χ0v) is 23.1. The molecule has 0 fully saturated rings. The number of nitrogens with one attached hydrogen (secondary N) is 1. The van der Waals surface area contributed by atoms with E-state index in [9.17, 15) is 14.0 Å². The highest BCUT2D eigenvalue weighted by molar-refractivity contribution is 7.99. The van der Waals surface area contributed by atoms with Crippen molar-refractivity contribution in [2.24, 2.45) is 0 Å². The Bertz CT molecular complexity index is 1170. The van der Waals surface area contributed by atoms with Crippen LogP contribution in [0.5, 0.6) is 0 Å². The third-order valence-electron chi connectivity index (χ3n) is 5.69. The minimum atomic E-state index is -0.780. The average molecular weight is 541 g/mol. The summed E-state index contributed by atoms with van der Waals surface area (Å²) in [7, 11) is 0. The number of hydrogen-bond acceptors (Lipinski definition) is 3. The van der Waals surface area contributed by atoms with Crippen LogP contribution in [-0.4, -0.2) is 34.0 Å². The highest BCUT2D eigenvalue weighted by Crippen LogP contribution is 2.23. The smallest absolute Gasteiger partial charge is 0.243 e. The van der Waals surface area contributed by atoms with Crippen molar-refractivity contribution in [3.63, 3.8) is 0 Å². The Hall–Kier alpha value is -2.83. The Morgan fingerprint density at radius 1 is 0.973 bits per heavy atom. The molecule has 0 aromatic heterocycles. The topological polar surface area (TPSA) is 49.4 Å². The highest BCUT2D eigenvalue weighted by atomic mass is 35.5. The van der Waals surface area contributed by atoms with E-state index in [1.54, 1.807) is 34.9 Å². The molecule has 2 amide bonds. The molecule has 0 radical (unpaired) electrons. The quantitative estimate of drug-likeness (QED) is 0.212. The molecule has 37 heavy (non-hydrogen) atoms. The minimum Gasteiger partial charge on any atom is -0.350 e. The molecule has 1 N–H and O–H groups in total. The van der Waals surface area contributed by atoms with Crippen LogP contribution in [0.4, 0.5) is 4.39 Å². The molecule has 0 spiro atoms. The number of halogens is 2. The summed E-state index contributed by atoms with van der Waals surface area (Å²) in [5.74, 6) is -0.0897. The first-order valence-electron chi connectivity index (χ1n) is 12.4. The van der Waals surface area contributed by atoms with E-state index >= 15 is 0 Å². The van der Waals surface area contributed by atoms with Crippen LogP contribution in [0.15, 0.2) is 83.8 Å². The van der Waals surface area contributed by atoms with Crippen LogP contribution < -0.4 is 5.32 Å². The van der Waals surface area contributed by atoms with Gasteiger partial charge < -0.3 is 10.2 Å². The number of rotatable bonds is 11. The van der Waals surface area contributed by atoms with Crippen molar-refractivity contribution in [2.75, 3.05) is 5.75 Å². The van der Waals surface area contributed by atoms with Crippen molar-refractivity contribution in [3.05, 3.63) is 101 Å². The number of amides is 2. The first kappa shape index (κ1) is 28.7. The second-order valence-electron chi connectivity index (χ2n) is 9.96. The van der Waals surface area contributed by atoms with E-state index in [1.165, 1.54) is 6.07 Å².